The molecule has 0 aromatic heterocycles. The van der Waals surface area contributed by atoms with Gasteiger partial charge < -0.3 is 15.4 Å². The van der Waals surface area contributed by atoms with Gasteiger partial charge in [-0.2, -0.15) is 0 Å². The summed E-state index contributed by atoms with van der Waals surface area (Å²) in [5.41, 5.74) is 1.84. The largest absolute Gasteiger partial charge is 0.494 e. The fourth-order valence-electron chi connectivity index (χ4n) is 2.38. The van der Waals surface area contributed by atoms with Crippen molar-refractivity contribution in [2.24, 2.45) is 0 Å². The van der Waals surface area contributed by atoms with Crippen LogP contribution in [0.1, 0.15) is 43.5 Å². The van der Waals surface area contributed by atoms with Crippen LogP contribution in [-0.2, 0) is 9.59 Å². The summed E-state index contributed by atoms with van der Waals surface area (Å²) in [6.07, 6.45) is 0.631. The van der Waals surface area contributed by atoms with E-state index >= 15 is 0 Å². The van der Waals surface area contributed by atoms with Gasteiger partial charge in [0, 0.05) is 36.2 Å². The van der Waals surface area contributed by atoms with Crippen LogP contribution in [0.4, 0.5) is 11.4 Å². The van der Waals surface area contributed by atoms with E-state index in [4.69, 9.17) is 4.74 Å². The first kappa shape index (κ1) is 20.2. The number of rotatable bonds is 9. The van der Waals surface area contributed by atoms with Crippen molar-refractivity contribution in [2.75, 3.05) is 17.2 Å². The Labute approximate surface area is 158 Å². The molecule has 0 heterocycles. The lowest BCUT2D eigenvalue weighted by molar-refractivity contribution is -0.116. The highest BCUT2D eigenvalue weighted by atomic mass is 16.5. The van der Waals surface area contributed by atoms with Crippen LogP contribution < -0.4 is 15.4 Å². The Balaban J connectivity index is 1.81. The van der Waals surface area contributed by atoms with E-state index in [0.717, 1.165) is 0 Å². The van der Waals surface area contributed by atoms with Crippen molar-refractivity contribution in [1.29, 1.82) is 0 Å². The smallest absolute Gasteiger partial charge is 0.224 e. The molecule has 6 nitrogen and oxygen atoms in total. The van der Waals surface area contributed by atoms with E-state index in [1.807, 2.05) is 6.92 Å². The van der Waals surface area contributed by atoms with Crippen LogP contribution in [0.5, 0.6) is 5.75 Å². The molecule has 0 aliphatic carbocycles. The molecule has 142 valence electrons. The highest BCUT2D eigenvalue weighted by molar-refractivity contribution is 6.00. The third-order valence-electron chi connectivity index (χ3n) is 3.84. The molecular formula is C21H24N2O4. The number of ketones is 1. The minimum absolute atomic E-state index is 0.0698. The Morgan fingerprint density at radius 1 is 0.778 bits per heavy atom. The molecule has 0 unspecified atom stereocenters. The van der Waals surface area contributed by atoms with Crippen molar-refractivity contribution in [2.45, 2.75) is 33.1 Å². The number of carbonyl (C=O) groups excluding carboxylic acids is 3. The van der Waals surface area contributed by atoms with Gasteiger partial charge in [-0.3, -0.25) is 14.4 Å². The third kappa shape index (κ3) is 6.58. The van der Waals surface area contributed by atoms with Gasteiger partial charge in [0.05, 0.1) is 6.61 Å². The molecule has 0 aliphatic rings. The minimum Gasteiger partial charge on any atom is -0.494 e. The van der Waals surface area contributed by atoms with Crippen molar-refractivity contribution >= 4 is 29.0 Å². The summed E-state index contributed by atoms with van der Waals surface area (Å²) in [4.78, 5) is 35.6. The van der Waals surface area contributed by atoms with Crippen LogP contribution in [0, 0.1) is 0 Å². The topological polar surface area (TPSA) is 84.5 Å². The number of nitrogens with one attached hydrogen (secondary N) is 2. The number of hydrogen-bond donors (Lipinski definition) is 2. The molecule has 2 aromatic carbocycles. The number of anilines is 2. The second-order valence-corrected chi connectivity index (χ2v) is 5.91. The van der Waals surface area contributed by atoms with Crippen molar-refractivity contribution in [3.63, 3.8) is 0 Å². The summed E-state index contributed by atoms with van der Waals surface area (Å²) in [6.45, 7) is 4.24. The molecule has 0 atom stereocenters. The van der Waals surface area contributed by atoms with E-state index in [1.54, 1.807) is 55.5 Å². The molecule has 2 aromatic rings. The van der Waals surface area contributed by atoms with Crippen LogP contribution >= 0.6 is 0 Å². The number of amides is 2. The van der Waals surface area contributed by atoms with Gasteiger partial charge in [-0.25, -0.2) is 0 Å². The Morgan fingerprint density at radius 2 is 1.33 bits per heavy atom. The first-order valence-corrected chi connectivity index (χ1v) is 8.97. The molecule has 0 saturated heterocycles. The zero-order valence-corrected chi connectivity index (χ0v) is 15.6. The minimum atomic E-state index is -0.236. The summed E-state index contributed by atoms with van der Waals surface area (Å²) in [7, 11) is 0. The van der Waals surface area contributed by atoms with Gasteiger partial charge in [0.15, 0.2) is 5.78 Å². The molecule has 2 N–H and O–H groups in total. The van der Waals surface area contributed by atoms with Gasteiger partial charge in [0.1, 0.15) is 5.75 Å². The Morgan fingerprint density at radius 3 is 1.85 bits per heavy atom. The highest BCUT2D eigenvalue weighted by Crippen LogP contribution is 2.16. The normalized spacial score (nSPS) is 10.1. The van der Waals surface area contributed by atoms with Crippen molar-refractivity contribution in [1.82, 2.24) is 0 Å². The third-order valence-corrected chi connectivity index (χ3v) is 3.84. The van der Waals surface area contributed by atoms with Gasteiger partial charge >= 0.3 is 0 Å². The Hall–Kier alpha value is -3.15. The van der Waals surface area contributed by atoms with Crippen LogP contribution in [0.3, 0.4) is 0 Å². The molecule has 0 spiro atoms. The van der Waals surface area contributed by atoms with Crippen LogP contribution in [-0.4, -0.2) is 24.2 Å². The van der Waals surface area contributed by atoms with Crippen molar-refractivity contribution in [3.05, 3.63) is 54.1 Å². The molecule has 2 amide bonds. The summed E-state index contributed by atoms with van der Waals surface area (Å²) < 4.78 is 5.34. The lowest BCUT2D eigenvalue weighted by atomic mass is 10.1. The summed E-state index contributed by atoms with van der Waals surface area (Å²) >= 11 is 0. The fraction of sp³-hybridized carbons (Fsp3) is 0.286. The first-order valence-electron chi connectivity index (χ1n) is 8.97. The van der Waals surface area contributed by atoms with Gasteiger partial charge in [-0.05, 0) is 55.5 Å². The lowest BCUT2D eigenvalue weighted by Gasteiger charge is -2.08. The second-order valence-electron chi connectivity index (χ2n) is 5.91. The van der Waals surface area contributed by atoms with Gasteiger partial charge in [0.25, 0.3) is 0 Å². The molecule has 27 heavy (non-hydrogen) atoms. The lowest BCUT2D eigenvalue weighted by Crippen LogP contribution is -2.14. The molecule has 0 bridgehead atoms. The summed E-state index contributed by atoms with van der Waals surface area (Å²) in [5, 5.41) is 5.48. The number of Topliss-reactive ketones (excluding diaryl/α,β-unsaturated/α-hetero) is 1. The quantitative estimate of drug-likeness (QED) is 0.654. The monoisotopic (exact) mass is 368 g/mol. The SMILES string of the molecule is CCOc1ccc(C(=O)CCC(=O)Nc2ccc(NC(=O)CC)cc2)cc1. The maximum atomic E-state index is 12.2. The predicted molar refractivity (Wildman–Crippen MR) is 105 cm³/mol. The van der Waals surface area contributed by atoms with Gasteiger partial charge in [-0.1, -0.05) is 6.92 Å². The molecule has 0 aliphatic heterocycles. The summed E-state index contributed by atoms with van der Waals surface area (Å²) in [6, 6.07) is 13.7. The van der Waals surface area contributed by atoms with E-state index in [-0.39, 0.29) is 30.4 Å². The Bertz CT molecular complexity index is 783. The van der Waals surface area contributed by atoms with Gasteiger partial charge in [0.2, 0.25) is 11.8 Å². The van der Waals surface area contributed by atoms with E-state index in [2.05, 4.69) is 10.6 Å². The van der Waals surface area contributed by atoms with Crippen LogP contribution in [0.25, 0.3) is 0 Å². The maximum absolute atomic E-state index is 12.2. The maximum Gasteiger partial charge on any atom is 0.224 e. The van der Waals surface area contributed by atoms with Crippen LogP contribution in [0.2, 0.25) is 0 Å². The number of carbonyl (C=O) groups is 3. The standard InChI is InChI=1S/C21H24N2O4/c1-3-20(25)22-16-7-9-17(10-8-16)23-21(26)14-13-19(24)15-5-11-18(12-6-15)27-4-2/h5-12H,3-4,13-14H2,1-2H3,(H,22,25)(H,23,26). The molecule has 6 heteroatoms. The molecular weight excluding hydrogens is 344 g/mol. The van der Waals surface area contributed by atoms with Crippen molar-refractivity contribution in [3.8, 4) is 5.75 Å². The average molecular weight is 368 g/mol. The average Bonchev–Trinajstić information content (AvgIpc) is 2.68. The highest BCUT2D eigenvalue weighted by Gasteiger charge is 2.10. The van der Waals surface area contributed by atoms with E-state index < -0.39 is 0 Å². The van der Waals surface area contributed by atoms with Crippen LogP contribution in [0.15, 0.2) is 48.5 Å². The van der Waals surface area contributed by atoms with Gasteiger partial charge in [-0.15, -0.1) is 0 Å². The summed E-state index contributed by atoms with van der Waals surface area (Å²) in [5.74, 6) is 0.315. The van der Waals surface area contributed by atoms with E-state index in [1.165, 1.54) is 0 Å². The van der Waals surface area contributed by atoms with E-state index in [0.29, 0.717) is 35.7 Å². The zero-order chi connectivity index (χ0) is 19.6. The Kier molecular flexibility index (Phi) is 7.55. The first-order chi connectivity index (χ1) is 13.0. The fourth-order valence-corrected chi connectivity index (χ4v) is 2.38. The second kappa shape index (κ2) is 10.1. The molecule has 2 rings (SSSR count). The number of benzene rings is 2. The molecule has 0 saturated carbocycles. The number of hydrogen-bond acceptors (Lipinski definition) is 4. The van der Waals surface area contributed by atoms with Crippen molar-refractivity contribution < 1.29 is 19.1 Å². The molecule has 0 radical (unpaired) electrons. The molecule has 0 fully saturated rings. The zero-order valence-electron chi connectivity index (χ0n) is 15.6. The van der Waals surface area contributed by atoms with E-state index in [9.17, 15) is 14.4 Å². The number of ether oxygens (including phenoxy) is 1. The predicted octanol–water partition coefficient (Wildman–Crippen LogP) is 4.04.